The van der Waals surface area contributed by atoms with Gasteiger partial charge in [0.1, 0.15) is 5.52 Å². The topological polar surface area (TPSA) is 64.2 Å². The van der Waals surface area contributed by atoms with Gasteiger partial charge in [0.05, 0.1) is 0 Å². The number of amides is 1. The highest BCUT2D eigenvalue weighted by Crippen LogP contribution is 2.30. The average molecular weight is 419 g/mol. The quantitative estimate of drug-likeness (QED) is 0.447. The Hall–Kier alpha value is -3.06. The monoisotopic (exact) mass is 418 g/mol. The summed E-state index contributed by atoms with van der Waals surface area (Å²) in [7, 11) is 0. The van der Waals surface area contributed by atoms with E-state index in [-0.39, 0.29) is 11.8 Å². The average Bonchev–Trinajstić information content (AvgIpc) is 3.46. The second-order valence-corrected chi connectivity index (χ2v) is 8.19. The number of carbonyl (C=O) groups is 1. The normalized spacial score (nSPS) is 15.0. The van der Waals surface area contributed by atoms with Gasteiger partial charge in [-0.05, 0) is 55.5 Å². The van der Waals surface area contributed by atoms with Crippen LogP contribution >= 0.6 is 11.8 Å². The molecule has 5 rings (SSSR count). The minimum atomic E-state index is 0.0771. The maximum absolute atomic E-state index is 13.0. The molecule has 0 atom stereocenters. The molecule has 0 aliphatic carbocycles. The predicted molar refractivity (Wildman–Crippen MR) is 117 cm³/mol. The van der Waals surface area contributed by atoms with Gasteiger partial charge in [0.2, 0.25) is 0 Å². The van der Waals surface area contributed by atoms with E-state index in [9.17, 15) is 4.79 Å². The number of fused-ring (bicyclic) bond motifs is 1. The molecule has 1 saturated heterocycles. The molecule has 0 bridgehead atoms. The van der Waals surface area contributed by atoms with E-state index in [0.717, 1.165) is 40.7 Å². The first-order chi connectivity index (χ1) is 14.7. The number of likely N-dealkylation sites (tertiary alicyclic amines) is 1. The lowest BCUT2D eigenvalue weighted by Gasteiger charge is -2.30. The van der Waals surface area contributed by atoms with E-state index in [2.05, 4.69) is 9.97 Å². The minimum Gasteiger partial charge on any atom is -0.440 e. The molecule has 1 amide bonds. The van der Waals surface area contributed by atoms with Crippen molar-refractivity contribution in [2.75, 3.05) is 19.3 Å². The molecule has 0 unspecified atom stereocenters. The Bertz CT molecular complexity index is 1140. The van der Waals surface area contributed by atoms with Crippen LogP contribution in [0.3, 0.4) is 0 Å². The summed E-state index contributed by atoms with van der Waals surface area (Å²) < 4.78 is 7.95. The van der Waals surface area contributed by atoms with Crippen molar-refractivity contribution in [3.8, 4) is 5.69 Å². The van der Waals surface area contributed by atoms with E-state index in [4.69, 9.17) is 4.42 Å². The Balaban J connectivity index is 1.25. The van der Waals surface area contributed by atoms with Crippen LogP contribution in [0.4, 0.5) is 0 Å². The van der Waals surface area contributed by atoms with Gasteiger partial charge in [-0.3, -0.25) is 9.36 Å². The van der Waals surface area contributed by atoms with Gasteiger partial charge in [-0.2, -0.15) is 0 Å². The summed E-state index contributed by atoms with van der Waals surface area (Å²) in [4.78, 5) is 23.9. The molecule has 1 aliphatic rings. The second kappa shape index (κ2) is 7.99. The smallest absolute Gasteiger partial charge is 0.253 e. The third-order valence-corrected chi connectivity index (χ3v) is 6.29. The summed E-state index contributed by atoms with van der Waals surface area (Å²) in [6.45, 7) is 1.42. The van der Waals surface area contributed by atoms with Gasteiger partial charge in [-0.1, -0.05) is 23.9 Å². The number of benzene rings is 2. The van der Waals surface area contributed by atoms with Crippen LogP contribution in [-0.2, 0) is 0 Å². The van der Waals surface area contributed by atoms with Gasteiger partial charge in [0.15, 0.2) is 16.6 Å². The molecule has 0 radical (unpaired) electrons. The Morgan fingerprint density at radius 1 is 1.10 bits per heavy atom. The number of thioether (sulfide) groups is 1. The maximum Gasteiger partial charge on any atom is 0.253 e. The summed E-state index contributed by atoms with van der Waals surface area (Å²) in [6, 6.07) is 15.6. The van der Waals surface area contributed by atoms with E-state index in [1.807, 2.05) is 70.5 Å². The van der Waals surface area contributed by atoms with Crippen molar-refractivity contribution in [2.24, 2.45) is 0 Å². The lowest BCUT2D eigenvalue weighted by Crippen LogP contribution is -2.38. The van der Waals surface area contributed by atoms with Crippen molar-refractivity contribution < 1.29 is 9.21 Å². The van der Waals surface area contributed by atoms with Crippen molar-refractivity contribution in [3.63, 3.8) is 0 Å². The third kappa shape index (κ3) is 3.50. The van der Waals surface area contributed by atoms with Gasteiger partial charge in [0.25, 0.3) is 5.91 Å². The van der Waals surface area contributed by atoms with Crippen LogP contribution in [0.2, 0.25) is 0 Å². The first-order valence-electron chi connectivity index (χ1n) is 10.1. The number of rotatable bonds is 4. The number of carbonyl (C=O) groups excluding carboxylic acids is 1. The number of nitrogens with zero attached hydrogens (tertiary/aromatic N) is 4. The molecular weight excluding hydrogens is 396 g/mol. The lowest BCUT2D eigenvalue weighted by atomic mass is 9.96. The number of imidazole rings is 1. The summed E-state index contributed by atoms with van der Waals surface area (Å²) in [5.74, 6) is 1.13. The minimum absolute atomic E-state index is 0.0771. The highest BCUT2D eigenvalue weighted by atomic mass is 32.2. The molecule has 2 aromatic carbocycles. The highest BCUT2D eigenvalue weighted by molar-refractivity contribution is 7.98. The van der Waals surface area contributed by atoms with Crippen LogP contribution in [0.1, 0.15) is 35.0 Å². The van der Waals surface area contributed by atoms with Crippen molar-refractivity contribution >= 4 is 28.8 Å². The van der Waals surface area contributed by atoms with Gasteiger partial charge in [-0.15, -0.1) is 0 Å². The Morgan fingerprint density at radius 2 is 1.87 bits per heavy atom. The van der Waals surface area contributed by atoms with Crippen LogP contribution in [0.15, 0.2) is 70.5 Å². The molecule has 0 spiro atoms. The SMILES string of the molecule is CSc1nccn1-c1ccc(C(=O)N2CCC(c3nc4ccccc4o3)CC2)cc1. The van der Waals surface area contributed by atoms with Gasteiger partial charge in [-0.25, -0.2) is 9.97 Å². The first-order valence-corrected chi connectivity index (χ1v) is 11.3. The Kier molecular flexibility index (Phi) is 5.04. The molecule has 3 heterocycles. The van der Waals surface area contributed by atoms with Crippen molar-refractivity contribution in [1.82, 2.24) is 19.4 Å². The fraction of sp³-hybridized carbons (Fsp3) is 0.261. The number of hydrogen-bond donors (Lipinski definition) is 0. The number of para-hydroxylation sites is 2. The molecule has 1 aliphatic heterocycles. The van der Waals surface area contributed by atoms with Gasteiger partial charge >= 0.3 is 0 Å². The van der Waals surface area contributed by atoms with Gasteiger partial charge < -0.3 is 9.32 Å². The summed E-state index contributed by atoms with van der Waals surface area (Å²) in [5.41, 5.74) is 3.44. The highest BCUT2D eigenvalue weighted by Gasteiger charge is 2.27. The third-order valence-electron chi connectivity index (χ3n) is 5.62. The number of oxazole rings is 1. The molecule has 0 saturated carbocycles. The van der Waals surface area contributed by atoms with Crippen LogP contribution < -0.4 is 0 Å². The summed E-state index contributed by atoms with van der Waals surface area (Å²) >= 11 is 1.59. The zero-order valence-corrected chi connectivity index (χ0v) is 17.5. The Labute approximate surface area is 178 Å². The molecule has 1 fully saturated rings. The van der Waals surface area contributed by atoms with Crippen molar-refractivity contribution in [3.05, 3.63) is 72.4 Å². The van der Waals surface area contributed by atoms with E-state index in [1.54, 1.807) is 18.0 Å². The van der Waals surface area contributed by atoms with E-state index >= 15 is 0 Å². The number of aromatic nitrogens is 3. The van der Waals surface area contributed by atoms with Crippen molar-refractivity contribution in [1.29, 1.82) is 0 Å². The standard InChI is InChI=1S/C23H22N4O2S/c1-30-23-24-12-15-27(23)18-8-6-17(7-9-18)22(28)26-13-10-16(11-14-26)21-25-19-4-2-3-5-20(19)29-21/h2-9,12,15-16H,10-11,13-14H2,1H3. The molecule has 2 aromatic heterocycles. The van der Waals surface area contributed by atoms with Crippen LogP contribution in [0, 0.1) is 0 Å². The summed E-state index contributed by atoms with van der Waals surface area (Å²) in [5, 5.41) is 0.926. The molecule has 6 nitrogen and oxygen atoms in total. The zero-order valence-electron chi connectivity index (χ0n) is 16.7. The molecule has 4 aromatic rings. The second-order valence-electron chi connectivity index (χ2n) is 7.42. The van der Waals surface area contributed by atoms with E-state index in [0.29, 0.717) is 18.7 Å². The molecule has 30 heavy (non-hydrogen) atoms. The van der Waals surface area contributed by atoms with Crippen LogP contribution in [0.25, 0.3) is 16.8 Å². The van der Waals surface area contributed by atoms with Gasteiger partial charge in [0, 0.05) is 42.7 Å². The molecule has 152 valence electrons. The predicted octanol–water partition coefficient (Wildman–Crippen LogP) is 4.76. The Morgan fingerprint density at radius 3 is 2.60 bits per heavy atom. The van der Waals surface area contributed by atoms with E-state index < -0.39 is 0 Å². The zero-order chi connectivity index (χ0) is 20.5. The maximum atomic E-state index is 13.0. The molecule has 7 heteroatoms. The number of hydrogen-bond acceptors (Lipinski definition) is 5. The molecular formula is C23H22N4O2S. The van der Waals surface area contributed by atoms with Crippen molar-refractivity contribution in [2.45, 2.75) is 23.9 Å². The summed E-state index contributed by atoms with van der Waals surface area (Å²) in [6.07, 6.45) is 7.44. The fourth-order valence-electron chi connectivity index (χ4n) is 3.98. The lowest BCUT2D eigenvalue weighted by molar-refractivity contribution is 0.0706. The van der Waals surface area contributed by atoms with Crippen LogP contribution in [0.5, 0.6) is 0 Å². The largest absolute Gasteiger partial charge is 0.440 e. The van der Waals surface area contributed by atoms with Crippen LogP contribution in [-0.4, -0.2) is 44.7 Å². The first kappa shape index (κ1) is 18.9. The number of piperidine rings is 1. The van der Waals surface area contributed by atoms with E-state index in [1.165, 1.54) is 0 Å². The fourth-order valence-corrected chi connectivity index (χ4v) is 4.51. The molecule has 0 N–H and O–H groups in total.